The Labute approximate surface area is 178 Å². The fraction of sp³-hybridized carbons (Fsp3) is 0.192. The maximum Gasteiger partial charge on any atom is 0.334 e. The molecule has 0 aliphatic carbocycles. The van der Waals surface area contributed by atoms with Crippen molar-refractivity contribution in [2.75, 3.05) is 0 Å². The van der Waals surface area contributed by atoms with Gasteiger partial charge >= 0.3 is 5.97 Å². The number of carbonyl (C=O) groups is 1. The van der Waals surface area contributed by atoms with Crippen molar-refractivity contribution in [1.29, 1.82) is 0 Å². The van der Waals surface area contributed by atoms with Crippen LogP contribution in [-0.2, 0) is 29.2 Å². The summed E-state index contributed by atoms with van der Waals surface area (Å²) in [5.41, 5.74) is 3.14. The van der Waals surface area contributed by atoms with Crippen molar-refractivity contribution in [1.82, 2.24) is 4.90 Å². The molecule has 3 aromatic carbocycles. The Morgan fingerprint density at radius 1 is 0.833 bits per heavy atom. The van der Waals surface area contributed by atoms with E-state index in [1.807, 2.05) is 91.0 Å². The van der Waals surface area contributed by atoms with Gasteiger partial charge in [-0.05, 0) is 16.7 Å². The van der Waals surface area contributed by atoms with Gasteiger partial charge in [0.1, 0.15) is 0 Å². The van der Waals surface area contributed by atoms with Crippen LogP contribution in [0.4, 0.5) is 0 Å². The monoisotopic (exact) mass is 401 g/mol. The second kappa shape index (κ2) is 11.1. The van der Waals surface area contributed by atoms with E-state index in [1.165, 1.54) is 0 Å². The number of carboxylic acids is 1. The molecule has 1 unspecified atom stereocenters. The first-order valence-corrected chi connectivity index (χ1v) is 10.00. The van der Waals surface area contributed by atoms with Gasteiger partial charge in [-0.1, -0.05) is 97.1 Å². The molecule has 0 saturated heterocycles. The number of carboxylic acid groups (broad SMARTS) is 1. The molecule has 154 valence electrons. The molecule has 0 radical (unpaired) electrons. The summed E-state index contributed by atoms with van der Waals surface area (Å²) in [7, 11) is 0. The van der Waals surface area contributed by atoms with Crippen LogP contribution in [0.1, 0.15) is 16.7 Å². The molecule has 4 heteroatoms. The van der Waals surface area contributed by atoms with Crippen molar-refractivity contribution in [3.8, 4) is 0 Å². The number of benzene rings is 3. The molecule has 2 atom stereocenters. The average Bonchev–Trinajstić information content (AvgIpc) is 2.78. The second-order valence-corrected chi connectivity index (χ2v) is 7.16. The van der Waals surface area contributed by atoms with Crippen LogP contribution in [0, 0.1) is 0 Å². The normalized spacial score (nSPS) is 13.0. The summed E-state index contributed by atoms with van der Waals surface area (Å²) in [4.78, 5) is 14.2. The molecule has 1 N–H and O–H groups in total. The van der Waals surface area contributed by atoms with Crippen LogP contribution in [0.25, 0.3) is 0 Å². The third kappa shape index (κ3) is 6.14. The largest absolute Gasteiger partial charge is 0.479 e. The molecule has 3 rings (SSSR count). The van der Waals surface area contributed by atoms with Crippen molar-refractivity contribution in [2.45, 2.75) is 31.8 Å². The Morgan fingerprint density at radius 2 is 1.27 bits per heavy atom. The quantitative estimate of drug-likeness (QED) is 0.464. The molecule has 30 heavy (non-hydrogen) atoms. The topological polar surface area (TPSA) is 49.8 Å². The van der Waals surface area contributed by atoms with E-state index in [4.69, 9.17) is 4.74 Å². The summed E-state index contributed by atoms with van der Waals surface area (Å²) >= 11 is 0. The van der Waals surface area contributed by atoms with Crippen molar-refractivity contribution in [3.05, 3.63) is 120 Å². The summed E-state index contributed by atoms with van der Waals surface area (Å²) in [6.45, 7) is 5.34. The Kier molecular flexibility index (Phi) is 7.95. The first kappa shape index (κ1) is 21.5. The molecule has 0 saturated carbocycles. The molecule has 0 heterocycles. The molecule has 0 fully saturated rings. The summed E-state index contributed by atoms with van der Waals surface area (Å²) < 4.78 is 5.89. The van der Waals surface area contributed by atoms with Gasteiger partial charge in [-0.25, -0.2) is 4.79 Å². The van der Waals surface area contributed by atoms with E-state index in [0.29, 0.717) is 13.1 Å². The van der Waals surface area contributed by atoms with Gasteiger partial charge in [-0.15, -0.1) is 6.58 Å². The molecule has 0 aliphatic rings. The highest BCUT2D eigenvalue weighted by molar-refractivity contribution is 5.73. The first-order valence-electron chi connectivity index (χ1n) is 10.00. The Bertz CT molecular complexity index is 871. The predicted octanol–water partition coefficient (Wildman–Crippen LogP) is 4.91. The molecule has 4 nitrogen and oxygen atoms in total. The van der Waals surface area contributed by atoms with Gasteiger partial charge in [0, 0.05) is 13.1 Å². The highest BCUT2D eigenvalue weighted by Crippen LogP contribution is 2.19. The zero-order chi connectivity index (χ0) is 21.2. The predicted molar refractivity (Wildman–Crippen MR) is 119 cm³/mol. The van der Waals surface area contributed by atoms with Crippen molar-refractivity contribution >= 4 is 5.97 Å². The number of rotatable bonds is 11. The standard InChI is InChI=1S/C26H27NO3/c1-2-24(25(26(28)29)30-20-23-16-10-5-11-17-23)27(18-21-12-6-3-7-13-21)19-22-14-8-4-9-15-22/h2-17,24-25H,1,18-20H2,(H,28,29)/t24-,25?/m0/s1. The minimum absolute atomic E-state index is 0.229. The molecule has 0 bridgehead atoms. The van der Waals surface area contributed by atoms with Crippen LogP contribution in [-0.4, -0.2) is 28.1 Å². The SMILES string of the molecule is C=C[C@@H](C(OCc1ccccc1)C(=O)O)N(Cc1ccccc1)Cc1ccccc1. The van der Waals surface area contributed by atoms with E-state index in [1.54, 1.807) is 6.08 Å². The zero-order valence-corrected chi connectivity index (χ0v) is 16.9. The summed E-state index contributed by atoms with van der Waals surface area (Å²) in [5.74, 6) is -0.998. The maximum atomic E-state index is 12.1. The van der Waals surface area contributed by atoms with Gasteiger partial charge < -0.3 is 9.84 Å². The molecular formula is C26H27NO3. The Hall–Kier alpha value is -3.21. The summed E-state index contributed by atoms with van der Waals surface area (Å²) in [6.07, 6.45) is 0.644. The van der Waals surface area contributed by atoms with Crippen molar-refractivity contribution in [2.24, 2.45) is 0 Å². The lowest BCUT2D eigenvalue weighted by Crippen LogP contribution is -2.46. The lowest BCUT2D eigenvalue weighted by atomic mass is 10.1. The second-order valence-electron chi connectivity index (χ2n) is 7.16. The van der Waals surface area contributed by atoms with Gasteiger partial charge in [0.25, 0.3) is 0 Å². The van der Waals surface area contributed by atoms with Crippen LogP contribution in [0.15, 0.2) is 104 Å². The molecule has 0 aromatic heterocycles. The van der Waals surface area contributed by atoms with E-state index in [9.17, 15) is 9.90 Å². The van der Waals surface area contributed by atoms with Gasteiger partial charge in [-0.3, -0.25) is 4.90 Å². The van der Waals surface area contributed by atoms with Gasteiger partial charge in [0.05, 0.1) is 12.6 Å². The van der Waals surface area contributed by atoms with E-state index in [-0.39, 0.29) is 6.61 Å². The van der Waals surface area contributed by atoms with Gasteiger partial charge in [0.2, 0.25) is 0 Å². The van der Waals surface area contributed by atoms with E-state index < -0.39 is 18.1 Å². The molecule has 0 spiro atoms. The number of nitrogens with zero attached hydrogens (tertiary/aromatic N) is 1. The number of hydrogen-bond donors (Lipinski definition) is 1. The number of ether oxygens (including phenoxy) is 1. The summed E-state index contributed by atoms with van der Waals surface area (Å²) in [5, 5.41) is 9.93. The van der Waals surface area contributed by atoms with Gasteiger partial charge in [0.15, 0.2) is 6.10 Å². The smallest absolute Gasteiger partial charge is 0.334 e. The number of hydrogen-bond acceptors (Lipinski definition) is 3. The maximum absolute atomic E-state index is 12.1. The fourth-order valence-electron chi connectivity index (χ4n) is 3.44. The van der Waals surface area contributed by atoms with Crippen LogP contribution in [0.2, 0.25) is 0 Å². The van der Waals surface area contributed by atoms with Crippen LogP contribution >= 0.6 is 0 Å². The minimum atomic E-state index is -1.03. The molecular weight excluding hydrogens is 374 g/mol. The van der Waals surface area contributed by atoms with Gasteiger partial charge in [-0.2, -0.15) is 0 Å². The Balaban J connectivity index is 1.83. The van der Waals surface area contributed by atoms with E-state index >= 15 is 0 Å². The highest BCUT2D eigenvalue weighted by atomic mass is 16.5. The van der Waals surface area contributed by atoms with E-state index in [0.717, 1.165) is 16.7 Å². The number of aliphatic carboxylic acids is 1. The van der Waals surface area contributed by atoms with Crippen molar-refractivity contribution in [3.63, 3.8) is 0 Å². The third-order valence-electron chi connectivity index (χ3n) is 4.95. The first-order chi connectivity index (χ1) is 14.7. The van der Waals surface area contributed by atoms with Crippen LogP contribution in [0.5, 0.6) is 0 Å². The fourth-order valence-corrected chi connectivity index (χ4v) is 3.44. The third-order valence-corrected chi connectivity index (χ3v) is 4.95. The zero-order valence-electron chi connectivity index (χ0n) is 16.9. The Morgan fingerprint density at radius 3 is 1.67 bits per heavy atom. The highest BCUT2D eigenvalue weighted by Gasteiger charge is 2.32. The van der Waals surface area contributed by atoms with Crippen molar-refractivity contribution < 1.29 is 14.6 Å². The van der Waals surface area contributed by atoms with Crippen LogP contribution < -0.4 is 0 Å². The lowest BCUT2D eigenvalue weighted by molar-refractivity contribution is -0.155. The molecule has 0 amide bonds. The molecule has 3 aromatic rings. The minimum Gasteiger partial charge on any atom is -0.479 e. The van der Waals surface area contributed by atoms with E-state index in [2.05, 4.69) is 11.5 Å². The molecule has 0 aliphatic heterocycles. The average molecular weight is 402 g/mol. The lowest BCUT2D eigenvalue weighted by Gasteiger charge is -2.33. The van der Waals surface area contributed by atoms with Crippen LogP contribution in [0.3, 0.4) is 0 Å². The summed E-state index contributed by atoms with van der Waals surface area (Å²) in [6, 6.07) is 29.2.